The van der Waals surface area contributed by atoms with Crippen molar-refractivity contribution in [1.29, 1.82) is 0 Å². The molecule has 0 bridgehead atoms. The summed E-state index contributed by atoms with van der Waals surface area (Å²) in [7, 11) is 2.22. The average Bonchev–Trinajstić information content (AvgIpc) is 2.92. The molecule has 1 aliphatic carbocycles. The average molecular weight is 297 g/mol. The van der Waals surface area contributed by atoms with Crippen LogP contribution in [0.1, 0.15) is 44.9 Å². The van der Waals surface area contributed by atoms with Crippen LogP contribution in [0.4, 0.5) is 5.82 Å². The molecule has 0 atom stereocenters. The van der Waals surface area contributed by atoms with Gasteiger partial charge in [-0.05, 0) is 26.3 Å². The number of aryl methyl sites for hydroxylation is 1. The lowest BCUT2D eigenvalue weighted by atomic mass is 10.2. The summed E-state index contributed by atoms with van der Waals surface area (Å²) in [5.74, 6) is 1.67. The molecule has 0 aromatic carbocycles. The molecular weight excluding hydrogens is 272 g/mol. The van der Waals surface area contributed by atoms with Gasteiger partial charge in [0.2, 0.25) is 0 Å². The predicted octanol–water partition coefficient (Wildman–Crippen LogP) is 3.37. The zero-order chi connectivity index (χ0) is 14.4. The van der Waals surface area contributed by atoms with Crippen LogP contribution in [0.2, 0.25) is 5.15 Å². The number of nitrogens with one attached hydrogen (secondary N) is 1. The molecule has 0 saturated heterocycles. The summed E-state index contributed by atoms with van der Waals surface area (Å²) < 4.78 is 0. The second-order valence-corrected chi connectivity index (χ2v) is 5.98. The van der Waals surface area contributed by atoms with Gasteiger partial charge in [0.15, 0.2) is 0 Å². The standard InChI is InChI=1S/C15H25ClN4/c1-3-6-14-18-13(16)11-15(19-14)17-9-10-20(2)12-7-4-5-8-12/h11-12H,3-10H2,1-2H3,(H,17,18,19). The van der Waals surface area contributed by atoms with Gasteiger partial charge < -0.3 is 10.2 Å². The Hall–Kier alpha value is -0.870. The highest BCUT2D eigenvalue weighted by molar-refractivity contribution is 6.29. The first kappa shape index (κ1) is 15.5. The minimum atomic E-state index is 0.523. The number of hydrogen-bond donors (Lipinski definition) is 1. The molecule has 0 aliphatic heterocycles. The summed E-state index contributed by atoms with van der Waals surface area (Å²) in [5.41, 5.74) is 0. The number of rotatable bonds is 7. The molecule has 1 heterocycles. The Bertz CT molecular complexity index is 418. The first-order valence-electron chi connectivity index (χ1n) is 7.66. The molecule has 2 rings (SSSR count). The summed E-state index contributed by atoms with van der Waals surface area (Å²) in [4.78, 5) is 11.2. The van der Waals surface area contributed by atoms with Gasteiger partial charge in [0.25, 0.3) is 0 Å². The van der Waals surface area contributed by atoms with Crippen molar-refractivity contribution < 1.29 is 0 Å². The molecule has 0 spiro atoms. The SMILES string of the molecule is CCCc1nc(Cl)cc(NCCN(C)C2CCCC2)n1. The highest BCUT2D eigenvalue weighted by atomic mass is 35.5. The maximum atomic E-state index is 6.03. The van der Waals surface area contributed by atoms with E-state index in [0.717, 1.165) is 43.6 Å². The second-order valence-electron chi connectivity index (χ2n) is 5.59. The smallest absolute Gasteiger partial charge is 0.134 e. The van der Waals surface area contributed by atoms with Crippen molar-refractivity contribution >= 4 is 17.4 Å². The van der Waals surface area contributed by atoms with Gasteiger partial charge >= 0.3 is 0 Å². The molecule has 4 nitrogen and oxygen atoms in total. The zero-order valence-corrected chi connectivity index (χ0v) is 13.3. The molecule has 112 valence electrons. The molecule has 1 fully saturated rings. The molecule has 5 heteroatoms. The van der Waals surface area contributed by atoms with Crippen molar-refractivity contribution in [2.45, 2.75) is 51.5 Å². The highest BCUT2D eigenvalue weighted by Gasteiger charge is 2.18. The summed E-state index contributed by atoms with van der Waals surface area (Å²) in [6, 6.07) is 2.57. The monoisotopic (exact) mass is 296 g/mol. The molecule has 0 amide bonds. The first-order chi connectivity index (χ1) is 9.69. The molecular formula is C15H25ClN4. The zero-order valence-electron chi connectivity index (χ0n) is 12.5. The Morgan fingerprint density at radius 3 is 2.80 bits per heavy atom. The van der Waals surface area contributed by atoms with Crippen molar-refractivity contribution in [2.24, 2.45) is 0 Å². The summed E-state index contributed by atoms with van der Waals surface area (Å²) >= 11 is 6.03. The van der Waals surface area contributed by atoms with Gasteiger partial charge in [-0.3, -0.25) is 0 Å². The van der Waals surface area contributed by atoms with Crippen LogP contribution in [0.5, 0.6) is 0 Å². The molecule has 0 radical (unpaired) electrons. The van der Waals surface area contributed by atoms with Gasteiger partial charge in [0.1, 0.15) is 16.8 Å². The lowest BCUT2D eigenvalue weighted by Crippen LogP contribution is -2.33. The molecule has 20 heavy (non-hydrogen) atoms. The van der Waals surface area contributed by atoms with Crippen molar-refractivity contribution in [3.8, 4) is 0 Å². The van der Waals surface area contributed by atoms with E-state index in [1.54, 1.807) is 6.07 Å². The topological polar surface area (TPSA) is 41.1 Å². The number of nitrogens with zero attached hydrogens (tertiary/aromatic N) is 3. The Morgan fingerprint density at radius 2 is 2.10 bits per heavy atom. The quantitative estimate of drug-likeness (QED) is 0.783. The molecule has 1 N–H and O–H groups in total. The maximum Gasteiger partial charge on any atom is 0.134 e. The van der Waals surface area contributed by atoms with E-state index >= 15 is 0 Å². The fourth-order valence-electron chi connectivity index (χ4n) is 2.78. The minimum absolute atomic E-state index is 0.523. The van der Waals surface area contributed by atoms with Crippen LogP contribution in [0.15, 0.2) is 6.07 Å². The fourth-order valence-corrected chi connectivity index (χ4v) is 2.98. The van der Waals surface area contributed by atoms with Gasteiger partial charge in [0, 0.05) is 31.6 Å². The third-order valence-electron chi connectivity index (χ3n) is 3.93. The Kier molecular flexibility index (Phi) is 6.05. The summed E-state index contributed by atoms with van der Waals surface area (Å²) in [6.07, 6.45) is 7.35. The van der Waals surface area contributed by atoms with Gasteiger partial charge in [0.05, 0.1) is 0 Å². The largest absolute Gasteiger partial charge is 0.369 e. The van der Waals surface area contributed by atoms with Crippen LogP contribution >= 0.6 is 11.6 Å². The molecule has 1 aromatic heterocycles. The van der Waals surface area contributed by atoms with Crippen LogP contribution < -0.4 is 5.32 Å². The Morgan fingerprint density at radius 1 is 1.35 bits per heavy atom. The van der Waals surface area contributed by atoms with Gasteiger partial charge in [-0.25, -0.2) is 9.97 Å². The maximum absolute atomic E-state index is 6.03. The van der Waals surface area contributed by atoms with Gasteiger partial charge in [-0.15, -0.1) is 0 Å². The van der Waals surface area contributed by atoms with Gasteiger partial charge in [-0.1, -0.05) is 31.4 Å². The first-order valence-corrected chi connectivity index (χ1v) is 8.04. The van der Waals surface area contributed by atoms with E-state index in [-0.39, 0.29) is 0 Å². The van der Waals surface area contributed by atoms with E-state index in [0.29, 0.717) is 5.15 Å². The fraction of sp³-hybridized carbons (Fsp3) is 0.733. The van der Waals surface area contributed by atoms with E-state index in [9.17, 15) is 0 Å². The third-order valence-corrected chi connectivity index (χ3v) is 4.13. The van der Waals surface area contributed by atoms with Crippen molar-refractivity contribution in [1.82, 2.24) is 14.9 Å². The van der Waals surface area contributed by atoms with E-state index in [4.69, 9.17) is 11.6 Å². The molecule has 0 unspecified atom stereocenters. The highest BCUT2D eigenvalue weighted by Crippen LogP contribution is 2.22. The van der Waals surface area contributed by atoms with E-state index < -0.39 is 0 Å². The van der Waals surface area contributed by atoms with E-state index in [1.165, 1.54) is 25.7 Å². The van der Waals surface area contributed by atoms with Crippen LogP contribution in [-0.4, -0.2) is 41.0 Å². The van der Waals surface area contributed by atoms with Gasteiger partial charge in [-0.2, -0.15) is 0 Å². The normalized spacial score (nSPS) is 16.0. The minimum Gasteiger partial charge on any atom is -0.369 e. The van der Waals surface area contributed by atoms with Crippen molar-refractivity contribution in [3.63, 3.8) is 0 Å². The lowest BCUT2D eigenvalue weighted by molar-refractivity contribution is 0.254. The van der Waals surface area contributed by atoms with Crippen LogP contribution in [-0.2, 0) is 6.42 Å². The van der Waals surface area contributed by atoms with Crippen molar-refractivity contribution in [3.05, 3.63) is 17.0 Å². The number of likely N-dealkylation sites (N-methyl/N-ethyl adjacent to an activating group) is 1. The Balaban J connectivity index is 1.80. The van der Waals surface area contributed by atoms with E-state index in [1.807, 2.05) is 0 Å². The summed E-state index contributed by atoms with van der Waals surface area (Å²) in [5, 5.41) is 3.88. The molecule has 1 saturated carbocycles. The number of anilines is 1. The molecule has 1 aromatic rings. The van der Waals surface area contributed by atoms with E-state index in [2.05, 4.69) is 34.2 Å². The van der Waals surface area contributed by atoms with Crippen LogP contribution in [0.25, 0.3) is 0 Å². The number of aromatic nitrogens is 2. The van der Waals surface area contributed by atoms with Crippen LogP contribution in [0, 0.1) is 0 Å². The lowest BCUT2D eigenvalue weighted by Gasteiger charge is -2.24. The van der Waals surface area contributed by atoms with Crippen molar-refractivity contribution in [2.75, 3.05) is 25.5 Å². The second kappa shape index (κ2) is 7.79. The van der Waals surface area contributed by atoms with Crippen LogP contribution in [0.3, 0.4) is 0 Å². The molecule has 1 aliphatic rings. The predicted molar refractivity (Wildman–Crippen MR) is 84.4 cm³/mol. The Labute approximate surface area is 126 Å². The number of halogens is 1. The third kappa shape index (κ3) is 4.60. The summed E-state index contributed by atoms with van der Waals surface area (Å²) in [6.45, 7) is 4.05. The number of hydrogen-bond acceptors (Lipinski definition) is 4.